The first kappa shape index (κ1) is 21.0. The Morgan fingerprint density at radius 1 is 0.935 bits per heavy atom. The van der Waals surface area contributed by atoms with Crippen LogP contribution in [0.15, 0.2) is 48.8 Å². The zero-order valence-electron chi connectivity index (χ0n) is 17.9. The zero-order chi connectivity index (χ0) is 21.6. The highest BCUT2D eigenvalue weighted by Crippen LogP contribution is 2.25. The molecule has 2 aromatic carbocycles. The number of nitrogens with one attached hydrogen (secondary N) is 2. The fourth-order valence-corrected chi connectivity index (χ4v) is 4.35. The molecule has 1 saturated carbocycles. The Labute approximate surface area is 182 Å². The molecular weight excluding hydrogens is 388 g/mol. The third kappa shape index (κ3) is 4.74. The zero-order valence-corrected chi connectivity index (χ0v) is 17.9. The fourth-order valence-electron chi connectivity index (χ4n) is 4.35. The highest BCUT2D eigenvalue weighted by atomic mass is 16.2. The summed E-state index contributed by atoms with van der Waals surface area (Å²) in [5.41, 5.74) is 1.88. The molecule has 0 aliphatic heterocycles. The van der Waals surface area contributed by atoms with Crippen LogP contribution in [-0.2, 0) is 6.42 Å². The average Bonchev–Trinajstić information content (AvgIpc) is 2.82. The maximum atomic E-state index is 13.1. The number of hydrogen-bond donors (Lipinski definition) is 2. The Bertz CT molecular complexity index is 1090. The molecule has 160 valence electrons. The van der Waals surface area contributed by atoms with Crippen LogP contribution in [0.1, 0.15) is 65.4 Å². The monoisotopic (exact) mass is 416 g/mol. The number of carbonyl (C=O) groups is 2. The van der Waals surface area contributed by atoms with E-state index in [1.807, 2.05) is 36.4 Å². The summed E-state index contributed by atoms with van der Waals surface area (Å²) in [5.74, 6) is 0.0778. The molecule has 1 aromatic heterocycles. The molecule has 1 heterocycles. The van der Waals surface area contributed by atoms with E-state index in [0.717, 1.165) is 30.0 Å². The quantitative estimate of drug-likeness (QED) is 0.607. The second kappa shape index (κ2) is 9.69. The molecule has 0 radical (unpaired) electrons. The molecule has 1 fully saturated rings. The van der Waals surface area contributed by atoms with Gasteiger partial charge in [0.1, 0.15) is 0 Å². The summed E-state index contributed by atoms with van der Waals surface area (Å²) in [7, 11) is 0. The first-order valence-corrected chi connectivity index (χ1v) is 11.1. The lowest BCUT2D eigenvalue weighted by atomic mass is 9.89. The van der Waals surface area contributed by atoms with Crippen molar-refractivity contribution in [3.05, 3.63) is 65.6 Å². The third-order valence-electron chi connectivity index (χ3n) is 6.06. The number of amides is 2. The minimum Gasteiger partial charge on any atom is -0.350 e. The first-order valence-electron chi connectivity index (χ1n) is 11.1. The van der Waals surface area contributed by atoms with Crippen LogP contribution in [0.3, 0.4) is 0 Å². The van der Waals surface area contributed by atoms with Crippen LogP contribution in [0.5, 0.6) is 0 Å². The van der Waals surface area contributed by atoms with Crippen molar-refractivity contribution in [2.45, 2.75) is 45.4 Å². The lowest BCUT2D eigenvalue weighted by Crippen LogP contribution is -2.32. The number of hydrogen-bond acceptors (Lipinski definition) is 4. The van der Waals surface area contributed by atoms with E-state index in [0.29, 0.717) is 18.0 Å². The summed E-state index contributed by atoms with van der Waals surface area (Å²) in [5, 5.41) is 7.71. The van der Waals surface area contributed by atoms with Crippen molar-refractivity contribution in [3.8, 4) is 0 Å². The summed E-state index contributed by atoms with van der Waals surface area (Å²) in [6, 6.07) is 11.7. The molecule has 1 aliphatic rings. The molecule has 3 aromatic rings. The van der Waals surface area contributed by atoms with Crippen molar-refractivity contribution in [2.24, 2.45) is 5.92 Å². The second-order valence-electron chi connectivity index (χ2n) is 8.09. The smallest absolute Gasteiger partial charge is 0.273 e. The summed E-state index contributed by atoms with van der Waals surface area (Å²) >= 11 is 0. The number of anilines is 1. The molecule has 6 nitrogen and oxygen atoms in total. The lowest BCUT2D eigenvalue weighted by molar-refractivity contribution is 0.0939. The Kier molecular flexibility index (Phi) is 6.55. The van der Waals surface area contributed by atoms with Crippen molar-refractivity contribution in [2.75, 3.05) is 11.9 Å². The lowest BCUT2D eigenvalue weighted by Gasteiger charge is -2.21. The molecule has 6 heteroatoms. The van der Waals surface area contributed by atoms with Gasteiger partial charge in [0.2, 0.25) is 0 Å². The summed E-state index contributed by atoms with van der Waals surface area (Å²) in [6.45, 7) is 2.73. The Morgan fingerprint density at radius 3 is 2.45 bits per heavy atom. The highest BCUT2D eigenvalue weighted by Gasteiger charge is 2.20. The third-order valence-corrected chi connectivity index (χ3v) is 6.06. The van der Waals surface area contributed by atoms with E-state index in [2.05, 4.69) is 27.5 Å². The van der Waals surface area contributed by atoms with Gasteiger partial charge in [-0.25, -0.2) is 9.97 Å². The summed E-state index contributed by atoms with van der Waals surface area (Å²) < 4.78 is 0. The SMILES string of the molecule is CCc1ccc(C(=O)Nc2nccnc2C(=O)NCC2CCCCC2)c2ccccc12. The van der Waals surface area contributed by atoms with Crippen molar-refractivity contribution in [3.63, 3.8) is 0 Å². The van der Waals surface area contributed by atoms with Gasteiger partial charge in [0.25, 0.3) is 11.8 Å². The molecule has 0 unspecified atom stereocenters. The summed E-state index contributed by atoms with van der Waals surface area (Å²) in [4.78, 5) is 34.3. The van der Waals surface area contributed by atoms with E-state index in [9.17, 15) is 9.59 Å². The van der Waals surface area contributed by atoms with Crippen molar-refractivity contribution in [1.29, 1.82) is 0 Å². The predicted octanol–water partition coefficient (Wildman–Crippen LogP) is 4.75. The Balaban J connectivity index is 1.53. The number of benzene rings is 2. The minimum absolute atomic E-state index is 0.140. The van der Waals surface area contributed by atoms with Gasteiger partial charge in [0.05, 0.1) is 0 Å². The molecule has 0 saturated heterocycles. The number of nitrogens with zero attached hydrogens (tertiary/aromatic N) is 2. The second-order valence-corrected chi connectivity index (χ2v) is 8.09. The van der Waals surface area contributed by atoms with E-state index in [4.69, 9.17) is 0 Å². The normalized spacial score (nSPS) is 14.4. The largest absolute Gasteiger partial charge is 0.350 e. The van der Waals surface area contributed by atoms with Crippen LogP contribution in [0, 0.1) is 5.92 Å². The number of rotatable bonds is 6. The van der Waals surface area contributed by atoms with Crippen LogP contribution in [0.4, 0.5) is 5.82 Å². The van der Waals surface area contributed by atoms with Gasteiger partial charge in [0, 0.05) is 24.5 Å². The number of aryl methyl sites for hydroxylation is 1. The Hall–Kier alpha value is -3.28. The number of carbonyl (C=O) groups excluding carboxylic acids is 2. The van der Waals surface area contributed by atoms with Gasteiger partial charge in [-0.15, -0.1) is 0 Å². The first-order chi connectivity index (χ1) is 15.2. The van der Waals surface area contributed by atoms with Crippen LogP contribution in [0.25, 0.3) is 10.8 Å². The van der Waals surface area contributed by atoms with E-state index in [1.54, 1.807) is 0 Å². The van der Waals surface area contributed by atoms with Crippen molar-refractivity contribution >= 4 is 28.4 Å². The van der Waals surface area contributed by atoms with Crippen LogP contribution in [0.2, 0.25) is 0 Å². The highest BCUT2D eigenvalue weighted by molar-refractivity contribution is 6.14. The standard InChI is InChI=1S/C25H28N4O2/c1-2-18-12-13-21(20-11-7-6-10-19(18)20)24(30)29-23-22(26-14-15-27-23)25(31)28-16-17-8-4-3-5-9-17/h6-7,10-15,17H,2-5,8-9,16H2,1H3,(H,28,31)(H,27,29,30). The van der Waals surface area contributed by atoms with Gasteiger partial charge in [-0.2, -0.15) is 0 Å². The molecule has 4 rings (SSSR count). The van der Waals surface area contributed by atoms with Crippen molar-refractivity contribution < 1.29 is 9.59 Å². The predicted molar refractivity (Wildman–Crippen MR) is 122 cm³/mol. The molecule has 2 amide bonds. The molecule has 1 aliphatic carbocycles. The van der Waals surface area contributed by atoms with E-state index in [1.165, 1.54) is 37.2 Å². The van der Waals surface area contributed by atoms with E-state index < -0.39 is 0 Å². The van der Waals surface area contributed by atoms with Gasteiger partial charge >= 0.3 is 0 Å². The number of aromatic nitrogens is 2. The molecule has 0 bridgehead atoms. The average molecular weight is 417 g/mol. The van der Waals surface area contributed by atoms with Gasteiger partial charge < -0.3 is 10.6 Å². The van der Waals surface area contributed by atoms with Gasteiger partial charge in [-0.05, 0) is 47.6 Å². The molecular formula is C25H28N4O2. The van der Waals surface area contributed by atoms with Gasteiger partial charge in [-0.1, -0.05) is 56.5 Å². The maximum absolute atomic E-state index is 13.1. The molecule has 2 N–H and O–H groups in total. The maximum Gasteiger partial charge on any atom is 0.273 e. The van der Waals surface area contributed by atoms with Gasteiger partial charge in [-0.3, -0.25) is 9.59 Å². The molecule has 0 spiro atoms. The van der Waals surface area contributed by atoms with Crippen LogP contribution >= 0.6 is 0 Å². The van der Waals surface area contributed by atoms with Gasteiger partial charge in [0.15, 0.2) is 11.5 Å². The van der Waals surface area contributed by atoms with E-state index >= 15 is 0 Å². The molecule has 31 heavy (non-hydrogen) atoms. The van der Waals surface area contributed by atoms with Crippen LogP contribution < -0.4 is 10.6 Å². The summed E-state index contributed by atoms with van der Waals surface area (Å²) in [6.07, 6.45) is 9.84. The Morgan fingerprint density at radius 2 is 1.68 bits per heavy atom. The van der Waals surface area contributed by atoms with E-state index in [-0.39, 0.29) is 23.3 Å². The number of fused-ring (bicyclic) bond motifs is 1. The van der Waals surface area contributed by atoms with Crippen LogP contribution in [-0.4, -0.2) is 28.3 Å². The van der Waals surface area contributed by atoms with Crippen molar-refractivity contribution in [1.82, 2.24) is 15.3 Å². The topological polar surface area (TPSA) is 84.0 Å². The fraction of sp³-hybridized carbons (Fsp3) is 0.360. The molecule has 0 atom stereocenters. The minimum atomic E-state index is -0.305.